The summed E-state index contributed by atoms with van der Waals surface area (Å²) < 4.78 is 2.18. The van der Waals surface area contributed by atoms with Crippen molar-refractivity contribution < 1.29 is 0 Å². The number of fused-ring (bicyclic) bond motifs is 9. The molecule has 9 heterocycles. The quantitative estimate of drug-likeness (QED) is 0.166. The van der Waals surface area contributed by atoms with Crippen LogP contribution < -0.4 is 4.90 Å². The summed E-state index contributed by atoms with van der Waals surface area (Å²) >= 11 is 0. The summed E-state index contributed by atoms with van der Waals surface area (Å²) in [5, 5.41) is 0. The van der Waals surface area contributed by atoms with Crippen LogP contribution in [0.2, 0.25) is 0 Å². The predicted octanol–water partition coefficient (Wildman–Crippen LogP) is 16.4. The van der Waals surface area contributed by atoms with E-state index in [-0.39, 0.29) is 10.8 Å². The fourth-order valence-electron chi connectivity index (χ4n) is 12.0. The molecule has 0 unspecified atom stereocenters. The molecule has 0 radical (unpaired) electrons. The number of hydrogen-bond donors (Lipinski definition) is 0. The summed E-state index contributed by atoms with van der Waals surface area (Å²) in [5.74, 6) is 2.03. The van der Waals surface area contributed by atoms with E-state index >= 15 is 0 Å². The molecule has 0 atom stereocenters. The Bertz CT molecular complexity index is 4120. The largest absolute Gasteiger partial charge is 0.308 e. The molecule has 0 bridgehead atoms. The minimum atomic E-state index is -0.420. The van der Waals surface area contributed by atoms with E-state index in [1.807, 2.05) is 99.2 Å². The van der Waals surface area contributed by atoms with Gasteiger partial charge in [-0.1, -0.05) is 161 Å². The molecule has 10 heteroatoms. The number of pyridine rings is 3. The van der Waals surface area contributed by atoms with Gasteiger partial charge in [-0.2, -0.15) is 0 Å². The van der Waals surface area contributed by atoms with Crippen LogP contribution in [0.25, 0.3) is 84.4 Å². The van der Waals surface area contributed by atoms with Gasteiger partial charge in [-0.15, -0.1) is 0 Å². The Morgan fingerprint density at radius 3 is 1.42 bits per heavy atom. The van der Waals surface area contributed by atoms with Gasteiger partial charge in [-0.25, -0.2) is 24.9 Å². The van der Waals surface area contributed by atoms with E-state index in [9.17, 15) is 0 Å². The van der Waals surface area contributed by atoms with Crippen molar-refractivity contribution in [2.75, 3.05) is 4.90 Å². The van der Waals surface area contributed by atoms with E-state index in [0.29, 0.717) is 23.3 Å². The third-order valence-electron chi connectivity index (χ3n) is 16.0. The zero-order chi connectivity index (χ0) is 54.2. The first-order chi connectivity index (χ1) is 38.5. The molecule has 0 amide bonds. The highest BCUT2D eigenvalue weighted by Crippen LogP contribution is 2.60. The maximum absolute atomic E-state index is 5.15. The van der Waals surface area contributed by atoms with Crippen molar-refractivity contribution in [1.29, 1.82) is 0 Å². The Morgan fingerprint density at radius 2 is 0.835 bits per heavy atom. The van der Waals surface area contributed by atoms with Crippen molar-refractivity contribution in [3.05, 3.63) is 240 Å². The van der Waals surface area contributed by atoms with Crippen LogP contribution in [-0.4, -0.2) is 44.4 Å². The molecular weight excluding hydrogens is 969 g/mol. The molecule has 0 spiro atoms. The summed E-state index contributed by atoms with van der Waals surface area (Å²) in [7, 11) is 0. The van der Waals surface area contributed by atoms with E-state index in [2.05, 4.69) is 171 Å². The smallest absolute Gasteiger partial charge is 0.201 e. The number of nitrogens with zero attached hydrogens (tertiary/aromatic N) is 10. The maximum Gasteiger partial charge on any atom is 0.201 e. The van der Waals surface area contributed by atoms with Crippen molar-refractivity contribution in [3.63, 3.8) is 0 Å². The molecule has 0 saturated carbocycles. The Labute approximate surface area is 460 Å². The highest BCUT2D eigenvalue weighted by molar-refractivity contribution is 6.07. The Morgan fingerprint density at radius 1 is 0.342 bits per heavy atom. The molecule has 6 aromatic heterocycles. The fourth-order valence-corrected chi connectivity index (χ4v) is 12.0. The van der Waals surface area contributed by atoms with Crippen LogP contribution >= 0.6 is 0 Å². The normalized spacial score (nSPS) is 14.4. The van der Waals surface area contributed by atoms with Crippen molar-refractivity contribution in [3.8, 4) is 62.4 Å². The van der Waals surface area contributed by atoms with Crippen LogP contribution in [0.4, 0.5) is 17.1 Å². The first-order valence-corrected chi connectivity index (χ1v) is 27.2. The number of rotatable bonds is 5. The van der Waals surface area contributed by atoms with E-state index in [0.717, 1.165) is 55.8 Å². The third-order valence-corrected chi connectivity index (χ3v) is 16.0. The highest BCUT2D eigenvalue weighted by atomic mass is 15.2. The molecule has 6 aromatic carbocycles. The standard InChI is InChI=1S/C35H30N2.C32H22N8.C2H6/c1-34(2)27-19-20-36-33-32(27)37(30-17-15-25(21-28(30)34)23-11-7-5-8-12-23)31-18-16-26(22-29(31)35(33,3)4)24-13-9-6-10-14-24;1-32(2)21-15-17-34-25-24-22(14-9-16-33-24)40(26(21)25)23-18-35-30(36-27(23)32)31-38-28(19-10-5-3-6-11-19)37-29(39-31)20-12-7-4-8-13-20;1-2/h5-22H,1-4H3;3-18H,1-2H3;1-2H3. The number of anilines is 3. The summed E-state index contributed by atoms with van der Waals surface area (Å²) in [6.45, 7) is 17.7. The molecule has 79 heavy (non-hydrogen) atoms. The molecule has 0 aliphatic carbocycles. The van der Waals surface area contributed by atoms with Crippen molar-refractivity contribution in [1.82, 2.24) is 44.4 Å². The van der Waals surface area contributed by atoms with Gasteiger partial charge in [0.05, 0.1) is 51.4 Å². The van der Waals surface area contributed by atoms with Gasteiger partial charge in [0.1, 0.15) is 11.0 Å². The van der Waals surface area contributed by atoms with Crippen LogP contribution in [0, 0.1) is 0 Å². The Kier molecular flexibility index (Phi) is 11.7. The van der Waals surface area contributed by atoms with E-state index < -0.39 is 5.41 Å². The minimum absolute atomic E-state index is 0.152. The maximum atomic E-state index is 5.15. The second-order valence-corrected chi connectivity index (χ2v) is 21.7. The topological polar surface area (TPSA) is 111 Å². The number of benzene rings is 6. The lowest BCUT2D eigenvalue weighted by Gasteiger charge is -2.48. The molecule has 3 aliphatic rings. The molecule has 0 N–H and O–H groups in total. The van der Waals surface area contributed by atoms with Gasteiger partial charge in [0, 0.05) is 46.0 Å². The van der Waals surface area contributed by atoms with Gasteiger partial charge in [0.25, 0.3) is 0 Å². The van der Waals surface area contributed by atoms with E-state index in [1.54, 1.807) is 6.20 Å². The zero-order valence-electron chi connectivity index (χ0n) is 45.6. The van der Waals surface area contributed by atoms with Gasteiger partial charge in [-0.05, 0) is 121 Å². The van der Waals surface area contributed by atoms with Gasteiger partial charge >= 0.3 is 0 Å². The number of aromatic nitrogens is 9. The van der Waals surface area contributed by atoms with Crippen molar-refractivity contribution >= 4 is 39.1 Å². The SMILES string of the molecule is CC.CC1(C)c2cc(-c3ccccc3)ccc2N2c3ccc(-c4ccccc4)cc3C(C)(C)c3nccc1c32.CC1(C)c2nc(-c3nc(-c4ccccc4)nc(-c4ccccc4)n3)ncc2-n2c3cccnc3c3nccc1c32. The van der Waals surface area contributed by atoms with Crippen LogP contribution in [0.3, 0.4) is 0 Å². The molecule has 15 rings (SSSR count). The molecule has 10 nitrogen and oxygen atoms in total. The first kappa shape index (κ1) is 49.1. The monoisotopic (exact) mass is 1030 g/mol. The van der Waals surface area contributed by atoms with Gasteiger partial charge < -0.3 is 9.47 Å². The summed E-state index contributed by atoms with van der Waals surface area (Å²) in [6.07, 6.45) is 7.54. The average Bonchev–Trinajstić information content (AvgIpc) is 3.74. The lowest BCUT2D eigenvalue weighted by molar-refractivity contribution is 0.580. The average molecular weight is 1030 g/mol. The van der Waals surface area contributed by atoms with Crippen LogP contribution in [0.5, 0.6) is 0 Å². The summed E-state index contributed by atoms with van der Waals surface area (Å²) in [4.78, 5) is 41.3. The van der Waals surface area contributed by atoms with E-state index in [1.165, 1.54) is 56.0 Å². The number of hydrogen-bond acceptors (Lipinski definition) is 9. The second-order valence-electron chi connectivity index (χ2n) is 21.7. The Hall–Kier alpha value is -9.54. The fraction of sp³-hybridized carbons (Fsp3) is 0.159. The van der Waals surface area contributed by atoms with Crippen LogP contribution in [-0.2, 0) is 16.2 Å². The first-order valence-electron chi connectivity index (χ1n) is 27.2. The van der Waals surface area contributed by atoms with Crippen molar-refractivity contribution in [2.45, 2.75) is 71.6 Å². The highest BCUT2D eigenvalue weighted by Gasteiger charge is 2.46. The molecule has 0 saturated heterocycles. The third kappa shape index (κ3) is 7.83. The van der Waals surface area contributed by atoms with Gasteiger partial charge in [0.2, 0.25) is 5.82 Å². The van der Waals surface area contributed by atoms with Crippen LogP contribution in [0.1, 0.15) is 89.0 Å². The lowest BCUT2D eigenvalue weighted by atomic mass is 9.68. The molecular formula is C69H58N10. The second kappa shape index (κ2) is 18.9. The van der Waals surface area contributed by atoms with Crippen molar-refractivity contribution in [2.24, 2.45) is 0 Å². The van der Waals surface area contributed by atoms with Gasteiger partial charge in [-0.3, -0.25) is 15.0 Å². The van der Waals surface area contributed by atoms with E-state index in [4.69, 9.17) is 34.9 Å². The zero-order valence-corrected chi connectivity index (χ0v) is 45.6. The summed E-state index contributed by atoms with van der Waals surface area (Å²) in [5.41, 5.74) is 21.6. The summed E-state index contributed by atoms with van der Waals surface area (Å²) in [6, 6.07) is 63.4. The molecule has 0 fully saturated rings. The minimum Gasteiger partial charge on any atom is -0.308 e. The van der Waals surface area contributed by atoms with Crippen LogP contribution in [0.15, 0.2) is 207 Å². The lowest BCUT2D eigenvalue weighted by Crippen LogP contribution is -2.38. The molecule has 384 valence electrons. The predicted molar refractivity (Wildman–Crippen MR) is 319 cm³/mol. The molecule has 3 aliphatic heterocycles. The Balaban J connectivity index is 0.000000146. The van der Waals surface area contributed by atoms with Gasteiger partial charge in [0.15, 0.2) is 17.5 Å². The molecule has 12 aromatic rings.